The number of fused-ring (bicyclic) bond motifs is 1. The summed E-state index contributed by atoms with van der Waals surface area (Å²) in [5, 5.41) is 14.0. The number of aromatic hydroxyl groups is 1. The molecule has 18 heavy (non-hydrogen) atoms. The molecule has 0 amide bonds. The number of hydrogen-bond donors (Lipinski definition) is 2. The summed E-state index contributed by atoms with van der Waals surface area (Å²) in [5.41, 5.74) is 5.50. The van der Waals surface area contributed by atoms with Crippen molar-refractivity contribution in [2.45, 2.75) is 26.4 Å². The van der Waals surface area contributed by atoms with Gasteiger partial charge >= 0.3 is 6.09 Å². The lowest BCUT2D eigenvalue weighted by Crippen LogP contribution is -2.27. The van der Waals surface area contributed by atoms with Gasteiger partial charge in [-0.2, -0.15) is 4.68 Å². The predicted octanol–water partition coefficient (Wildman–Crippen LogP) is 2.11. The first-order valence-corrected chi connectivity index (χ1v) is 5.48. The van der Waals surface area contributed by atoms with Crippen molar-refractivity contribution in [3.63, 3.8) is 0 Å². The van der Waals surface area contributed by atoms with Gasteiger partial charge in [0.1, 0.15) is 11.4 Å². The molecule has 2 aromatic rings. The lowest BCUT2D eigenvalue weighted by atomic mass is 10.2. The van der Waals surface area contributed by atoms with Crippen LogP contribution in [0.25, 0.3) is 10.9 Å². The summed E-state index contributed by atoms with van der Waals surface area (Å²) < 4.78 is 6.26. The average Bonchev–Trinajstić information content (AvgIpc) is 2.53. The zero-order chi connectivity index (χ0) is 13.5. The van der Waals surface area contributed by atoms with E-state index in [1.165, 1.54) is 12.1 Å². The van der Waals surface area contributed by atoms with Crippen molar-refractivity contribution < 1.29 is 14.6 Å². The smallest absolute Gasteiger partial charge is 0.435 e. The minimum Gasteiger partial charge on any atom is -0.508 e. The maximum atomic E-state index is 11.9. The van der Waals surface area contributed by atoms with Crippen LogP contribution < -0.4 is 5.73 Å². The van der Waals surface area contributed by atoms with Crippen LogP contribution in [-0.2, 0) is 4.74 Å². The van der Waals surface area contributed by atoms with Crippen molar-refractivity contribution in [2.24, 2.45) is 0 Å². The number of nitrogens with zero attached hydrogens (tertiary/aromatic N) is 2. The normalized spacial score (nSPS) is 11.7. The molecule has 1 aromatic heterocycles. The predicted molar refractivity (Wildman–Crippen MR) is 67.4 cm³/mol. The quantitative estimate of drug-likeness (QED) is 0.746. The van der Waals surface area contributed by atoms with Gasteiger partial charge in [0.2, 0.25) is 0 Å². The number of rotatable bonds is 0. The van der Waals surface area contributed by atoms with Crippen LogP contribution in [-0.4, -0.2) is 26.6 Å². The Kier molecular flexibility index (Phi) is 2.65. The average molecular weight is 249 g/mol. The molecule has 96 valence electrons. The SMILES string of the molecule is CC(C)(C)OC(=O)n1nc(N)c2ccc(O)cc21. The Morgan fingerprint density at radius 1 is 1.44 bits per heavy atom. The third-order valence-electron chi connectivity index (χ3n) is 2.26. The van der Waals surface area contributed by atoms with Crippen LogP contribution in [0.5, 0.6) is 5.75 Å². The molecular weight excluding hydrogens is 234 g/mol. The van der Waals surface area contributed by atoms with Gasteiger partial charge in [-0.1, -0.05) is 0 Å². The second kappa shape index (κ2) is 3.90. The first-order valence-electron chi connectivity index (χ1n) is 5.48. The number of carbonyl (C=O) groups is 1. The fourth-order valence-corrected chi connectivity index (χ4v) is 1.57. The maximum Gasteiger partial charge on any atom is 0.435 e. The number of phenolic OH excluding ortho intramolecular Hbond substituents is 1. The molecule has 0 aliphatic rings. The first-order chi connectivity index (χ1) is 8.28. The molecule has 0 aliphatic carbocycles. The Morgan fingerprint density at radius 3 is 2.72 bits per heavy atom. The van der Waals surface area contributed by atoms with Gasteiger partial charge in [-0.25, -0.2) is 4.79 Å². The Labute approximate surface area is 104 Å². The number of nitrogen functional groups attached to an aromatic ring is 1. The number of anilines is 1. The van der Waals surface area contributed by atoms with Crippen LogP contribution in [0, 0.1) is 0 Å². The maximum absolute atomic E-state index is 11.9. The highest BCUT2D eigenvalue weighted by Crippen LogP contribution is 2.25. The fourth-order valence-electron chi connectivity index (χ4n) is 1.57. The topological polar surface area (TPSA) is 90.4 Å². The van der Waals surface area contributed by atoms with Crippen molar-refractivity contribution >= 4 is 22.8 Å². The second-order valence-electron chi connectivity index (χ2n) is 4.98. The Morgan fingerprint density at radius 2 is 2.11 bits per heavy atom. The van der Waals surface area contributed by atoms with E-state index >= 15 is 0 Å². The summed E-state index contributed by atoms with van der Waals surface area (Å²) in [6.45, 7) is 5.28. The molecule has 0 atom stereocenters. The molecule has 0 saturated heterocycles. The number of benzene rings is 1. The molecule has 1 heterocycles. The lowest BCUT2D eigenvalue weighted by Gasteiger charge is -2.19. The minimum atomic E-state index is -0.630. The van der Waals surface area contributed by atoms with Crippen molar-refractivity contribution in [2.75, 3.05) is 5.73 Å². The molecule has 0 radical (unpaired) electrons. The summed E-state index contributed by atoms with van der Waals surface area (Å²) in [6, 6.07) is 4.51. The van der Waals surface area contributed by atoms with Gasteiger partial charge in [0.25, 0.3) is 0 Å². The highest BCUT2D eigenvalue weighted by Gasteiger charge is 2.21. The molecule has 0 unspecified atom stereocenters. The van der Waals surface area contributed by atoms with Gasteiger partial charge in [0.05, 0.1) is 5.52 Å². The van der Waals surface area contributed by atoms with E-state index < -0.39 is 11.7 Å². The van der Waals surface area contributed by atoms with Gasteiger partial charge in [-0.15, -0.1) is 5.10 Å². The monoisotopic (exact) mass is 249 g/mol. The Balaban J connectivity index is 2.51. The molecule has 3 N–H and O–H groups in total. The van der Waals surface area contributed by atoms with Crippen LogP contribution in [0.3, 0.4) is 0 Å². The van der Waals surface area contributed by atoms with E-state index in [9.17, 15) is 9.90 Å². The lowest BCUT2D eigenvalue weighted by molar-refractivity contribution is 0.0523. The fraction of sp³-hybridized carbons (Fsp3) is 0.333. The van der Waals surface area contributed by atoms with Crippen LogP contribution in [0.2, 0.25) is 0 Å². The van der Waals surface area contributed by atoms with Gasteiger partial charge in [0.15, 0.2) is 5.82 Å². The molecule has 1 aromatic carbocycles. The summed E-state index contributed by atoms with van der Waals surface area (Å²) in [7, 11) is 0. The van der Waals surface area contributed by atoms with E-state index in [4.69, 9.17) is 10.5 Å². The number of carbonyl (C=O) groups excluding carboxylic acids is 1. The molecule has 0 fully saturated rings. The molecule has 0 aliphatic heterocycles. The van der Waals surface area contributed by atoms with Gasteiger partial charge < -0.3 is 15.6 Å². The molecule has 0 saturated carbocycles. The second-order valence-corrected chi connectivity index (χ2v) is 4.98. The summed E-state index contributed by atoms with van der Waals surface area (Å²) in [6.07, 6.45) is -0.630. The number of hydrogen-bond acceptors (Lipinski definition) is 5. The van der Waals surface area contributed by atoms with Crippen LogP contribution in [0.4, 0.5) is 10.6 Å². The molecule has 6 nitrogen and oxygen atoms in total. The minimum absolute atomic E-state index is 0.0345. The van der Waals surface area contributed by atoms with Gasteiger partial charge in [-0.05, 0) is 32.9 Å². The van der Waals surface area contributed by atoms with Crippen molar-refractivity contribution in [1.82, 2.24) is 9.78 Å². The number of nitrogens with two attached hydrogens (primary N) is 1. The van der Waals surface area contributed by atoms with E-state index in [0.717, 1.165) is 4.68 Å². The zero-order valence-corrected chi connectivity index (χ0v) is 10.5. The van der Waals surface area contributed by atoms with Gasteiger partial charge in [-0.3, -0.25) is 0 Å². The summed E-state index contributed by atoms with van der Waals surface area (Å²) >= 11 is 0. The summed E-state index contributed by atoms with van der Waals surface area (Å²) in [4.78, 5) is 11.9. The van der Waals surface area contributed by atoms with Crippen LogP contribution in [0.1, 0.15) is 20.8 Å². The Bertz CT molecular complexity index is 611. The van der Waals surface area contributed by atoms with E-state index in [0.29, 0.717) is 10.9 Å². The van der Waals surface area contributed by atoms with E-state index in [-0.39, 0.29) is 11.6 Å². The summed E-state index contributed by atoms with van der Waals surface area (Å²) in [5.74, 6) is 0.253. The van der Waals surface area contributed by atoms with Gasteiger partial charge in [0, 0.05) is 11.5 Å². The molecule has 0 bridgehead atoms. The van der Waals surface area contributed by atoms with Crippen LogP contribution >= 0.6 is 0 Å². The molecule has 2 rings (SSSR count). The van der Waals surface area contributed by atoms with Crippen molar-refractivity contribution in [3.05, 3.63) is 18.2 Å². The number of ether oxygens (including phenoxy) is 1. The first kappa shape index (κ1) is 12.2. The Hall–Kier alpha value is -2.24. The largest absolute Gasteiger partial charge is 0.508 e. The molecule has 6 heteroatoms. The molecular formula is C12H15N3O3. The highest BCUT2D eigenvalue weighted by atomic mass is 16.6. The molecule has 0 spiro atoms. The van der Waals surface area contributed by atoms with Crippen molar-refractivity contribution in [1.29, 1.82) is 0 Å². The third-order valence-corrected chi connectivity index (χ3v) is 2.26. The standard InChI is InChI=1S/C12H15N3O3/c1-12(2,3)18-11(17)15-9-6-7(16)4-5-8(9)10(13)14-15/h4-6,16H,1-3H3,(H2,13,14). The highest BCUT2D eigenvalue weighted by molar-refractivity contribution is 5.95. The van der Waals surface area contributed by atoms with E-state index in [1.807, 2.05) is 0 Å². The third kappa shape index (κ3) is 2.22. The van der Waals surface area contributed by atoms with Crippen LogP contribution in [0.15, 0.2) is 18.2 Å². The van der Waals surface area contributed by atoms with E-state index in [2.05, 4.69) is 5.10 Å². The number of aromatic nitrogens is 2. The van der Waals surface area contributed by atoms with Crippen molar-refractivity contribution in [3.8, 4) is 5.75 Å². The van der Waals surface area contributed by atoms with E-state index in [1.54, 1.807) is 26.8 Å². The number of phenols is 1. The zero-order valence-electron chi connectivity index (χ0n) is 10.5.